The number of methoxy groups -OCH3 is 1. The molecule has 3 rings (SSSR count). The smallest absolute Gasteiger partial charge is 0.409 e. The van der Waals surface area contributed by atoms with Crippen LogP contribution in [0.2, 0.25) is 0 Å². The fourth-order valence-corrected chi connectivity index (χ4v) is 4.13. The Morgan fingerprint density at radius 1 is 1.33 bits per heavy atom. The highest BCUT2D eigenvalue weighted by molar-refractivity contribution is 7.90. The number of hydrogen-bond donors (Lipinski definition) is 1. The zero-order chi connectivity index (χ0) is 19.6. The van der Waals surface area contributed by atoms with Crippen LogP contribution in [0.4, 0.5) is 4.79 Å². The number of likely N-dealkylation sites (tertiary alicyclic amines) is 1. The summed E-state index contributed by atoms with van der Waals surface area (Å²) in [6.07, 6.45) is 2.59. The predicted octanol–water partition coefficient (Wildman–Crippen LogP) is 1.93. The third-order valence-corrected chi connectivity index (χ3v) is 6.02. The van der Waals surface area contributed by atoms with Crippen LogP contribution in [0, 0.1) is 0 Å². The van der Waals surface area contributed by atoms with Crippen LogP contribution < -0.4 is 5.56 Å². The Balaban J connectivity index is 1.80. The first-order valence-corrected chi connectivity index (χ1v) is 10.5. The minimum atomic E-state index is -3.25. The molecule has 1 aliphatic rings. The summed E-state index contributed by atoms with van der Waals surface area (Å²) in [6.45, 7) is 0.484. The van der Waals surface area contributed by atoms with Gasteiger partial charge in [0, 0.05) is 30.8 Å². The number of carbonyl (C=O) groups is 1. The van der Waals surface area contributed by atoms with E-state index in [-0.39, 0.29) is 22.4 Å². The molecular formula is C18H22N2O6S. The molecule has 0 spiro atoms. The van der Waals surface area contributed by atoms with Gasteiger partial charge in [0.1, 0.15) is 5.76 Å². The lowest BCUT2D eigenvalue weighted by Gasteiger charge is -2.38. The molecular weight excluding hydrogens is 372 g/mol. The van der Waals surface area contributed by atoms with E-state index in [4.69, 9.17) is 9.26 Å². The number of benzene rings is 1. The largest absolute Gasteiger partial charge is 0.453 e. The quantitative estimate of drug-likeness (QED) is 0.848. The van der Waals surface area contributed by atoms with Crippen molar-refractivity contribution in [3.63, 3.8) is 0 Å². The molecule has 2 atom stereocenters. The molecule has 1 aromatic heterocycles. The molecule has 0 radical (unpaired) electrons. The van der Waals surface area contributed by atoms with Gasteiger partial charge in [-0.25, -0.2) is 13.2 Å². The number of nitrogens with zero attached hydrogens (tertiary/aromatic N) is 1. The van der Waals surface area contributed by atoms with Gasteiger partial charge in [-0.15, -0.1) is 0 Å². The number of ether oxygens (including phenoxy) is 1. The molecule has 27 heavy (non-hydrogen) atoms. The second-order valence-corrected chi connectivity index (χ2v) is 8.79. The van der Waals surface area contributed by atoms with Gasteiger partial charge in [-0.3, -0.25) is 4.79 Å². The molecule has 146 valence electrons. The van der Waals surface area contributed by atoms with Crippen molar-refractivity contribution < 1.29 is 22.5 Å². The maximum atomic E-state index is 12.1. The van der Waals surface area contributed by atoms with E-state index in [0.717, 1.165) is 11.8 Å². The summed E-state index contributed by atoms with van der Waals surface area (Å²) in [5.74, 6) is 0.604. The Kier molecular flexibility index (Phi) is 5.41. The van der Waals surface area contributed by atoms with Crippen molar-refractivity contribution in [2.24, 2.45) is 0 Å². The third kappa shape index (κ3) is 4.41. The molecule has 2 aromatic rings. The van der Waals surface area contributed by atoms with Crippen LogP contribution in [0.1, 0.15) is 30.1 Å². The average molecular weight is 394 g/mol. The van der Waals surface area contributed by atoms with E-state index >= 15 is 0 Å². The minimum Gasteiger partial charge on any atom is -0.453 e. The van der Waals surface area contributed by atoms with Gasteiger partial charge in [-0.1, -0.05) is 12.1 Å². The second kappa shape index (κ2) is 7.59. The molecule has 8 nitrogen and oxygen atoms in total. The van der Waals surface area contributed by atoms with E-state index in [1.54, 1.807) is 29.2 Å². The van der Waals surface area contributed by atoms with E-state index in [9.17, 15) is 18.0 Å². The zero-order valence-corrected chi connectivity index (χ0v) is 16.0. The van der Waals surface area contributed by atoms with Crippen molar-refractivity contribution in [2.45, 2.75) is 36.1 Å². The Hall–Kier alpha value is -2.55. The van der Waals surface area contributed by atoms with E-state index in [0.29, 0.717) is 31.6 Å². The van der Waals surface area contributed by atoms with Crippen LogP contribution in [-0.2, 0) is 21.0 Å². The Morgan fingerprint density at radius 2 is 2.04 bits per heavy atom. The summed E-state index contributed by atoms with van der Waals surface area (Å²) in [7, 11) is -1.91. The number of rotatable bonds is 4. The number of carbonyl (C=O) groups excluding carboxylic acids is 1. The molecule has 1 fully saturated rings. The highest BCUT2D eigenvalue weighted by atomic mass is 32.2. The fourth-order valence-electron chi connectivity index (χ4n) is 3.50. The summed E-state index contributed by atoms with van der Waals surface area (Å²) in [4.78, 5) is 25.4. The second-order valence-electron chi connectivity index (χ2n) is 6.77. The van der Waals surface area contributed by atoms with E-state index < -0.39 is 15.9 Å². The SMILES string of the molecule is COC(=O)N1CCC(c2cc(=O)[nH]o2)CC1Cc1ccc(S(C)(=O)=O)cc1. The van der Waals surface area contributed by atoms with Crippen LogP contribution in [0.15, 0.2) is 44.5 Å². The van der Waals surface area contributed by atoms with Crippen molar-refractivity contribution in [1.82, 2.24) is 10.1 Å². The minimum absolute atomic E-state index is 0.0187. The summed E-state index contributed by atoms with van der Waals surface area (Å²) < 4.78 is 33.3. The summed E-state index contributed by atoms with van der Waals surface area (Å²) in [6, 6.07) is 7.94. The van der Waals surface area contributed by atoms with E-state index in [1.807, 2.05) is 0 Å². The van der Waals surface area contributed by atoms with Crippen LogP contribution >= 0.6 is 0 Å². The lowest BCUT2D eigenvalue weighted by atomic mass is 9.86. The number of piperidine rings is 1. The van der Waals surface area contributed by atoms with Crippen molar-refractivity contribution in [3.05, 3.63) is 52.0 Å². The lowest BCUT2D eigenvalue weighted by Crippen LogP contribution is -2.46. The Labute approximate surface area is 157 Å². The van der Waals surface area contributed by atoms with Gasteiger partial charge in [-0.05, 0) is 37.0 Å². The van der Waals surface area contributed by atoms with Gasteiger partial charge in [-0.2, -0.15) is 5.16 Å². The number of sulfone groups is 1. The van der Waals surface area contributed by atoms with Crippen molar-refractivity contribution >= 4 is 15.9 Å². The van der Waals surface area contributed by atoms with Gasteiger partial charge in [0.15, 0.2) is 9.84 Å². The standard InChI is InChI=1S/C18H22N2O6S/c1-25-18(22)20-8-7-13(16-11-17(21)19-26-16)10-14(20)9-12-3-5-15(6-4-12)27(2,23)24/h3-6,11,13-14H,7-10H2,1-2H3,(H,19,21). The molecule has 1 aliphatic heterocycles. The summed E-state index contributed by atoms with van der Waals surface area (Å²) >= 11 is 0. The van der Waals surface area contributed by atoms with Crippen LogP contribution in [0.3, 0.4) is 0 Å². The molecule has 1 N–H and O–H groups in total. The van der Waals surface area contributed by atoms with Crippen LogP contribution in [0.25, 0.3) is 0 Å². The third-order valence-electron chi connectivity index (χ3n) is 4.89. The first-order valence-electron chi connectivity index (χ1n) is 8.60. The maximum Gasteiger partial charge on any atom is 0.409 e. The highest BCUT2D eigenvalue weighted by Crippen LogP contribution is 2.33. The van der Waals surface area contributed by atoms with Crippen LogP contribution in [-0.4, -0.2) is 50.5 Å². The number of H-pyrrole nitrogens is 1. The molecule has 9 heteroatoms. The number of aromatic amines is 1. The van der Waals surface area contributed by atoms with Crippen molar-refractivity contribution in [2.75, 3.05) is 19.9 Å². The van der Waals surface area contributed by atoms with Gasteiger partial charge >= 0.3 is 6.09 Å². The molecule has 0 bridgehead atoms. The Morgan fingerprint density at radius 3 is 2.59 bits per heavy atom. The Bertz CT molecular complexity index is 960. The van der Waals surface area contributed by atoms with Gasteiger partial charge in [0.2, 0.25) is 0 Å². The fraction of sp³-hybridized carbons (Fsp3) is 0.444. The molecule has 0 aliphatic carbocycles. The highest BCUT2D eigenvalue weighted by Gasteiger charge is 2.34. The van der Waals surface area contributed by atoms with E-state index in [1.165, 1.54) is 13.2 Å². The van der Waals surface area contributed by atoms with Gasteiger partial charge in [0.25, 0.3) is 5.56 Å². The van der Waals surface area contributed by atoms with Gasteiger partial charge < -0.3 is 14.2 Å². The van der Waals surface area contributed by atoms with Crippen molar-refractivity contribution in [3.8, 4) is 0 Å². The van der Waals surface area contributed by atoms with Crippen molar-refractivity contribution in [1.29, 1.82) is 0 Å². The molecule has 1 saturated heterocycles. The molecule has 2 unspecified atom stereocenters. The summed E-state index contributed by atoms with van der Waals surface area (Å²) in [5, 5.41) is 2.30. The summed E-state index contributed by atoms with van der Waals surface area (Å²) in [5.41, 5.74) is 0.630. The average Bonchev–Trinajstić information content (AvgIpc) is 3.07. The number of nitrogens with one attached hydrogen (secondary N) is 1. The zero-order valence-electron chi connectivity index (χ0n) is 15.2. The lowest BCUT2D eigenvalue weighted by molar-refractivity contribution is 0.0817. The monoisotopic (exact) mass is 394 g/mol. The number of hydrogen-bond acceptors (Lipinski definition) is 6. The maximum absolute atomic E-state index is 12.1. The number of amides is 1. The number of aromatic nitrogens is 1. The van der Waals surface area contributed by atoms with E-state index in [2.05, 4.69) is 5.16 Å². The first kappa shape index (κ1) is 19.2. The predicted molar refractivity (Wildman–Crippen MR) is 97.5 cm³/mol. The van der Waals surface area contributed by atoms with Crippen LogP contribution in [0.5, 0.6) is 0 Å². The molecule has 1 aromatic carbocycles. The molecule has 0 saturated carbocycles. The van der Waals surface area contributed by atoms with Gasteiger partial charge in [0.05, 0.1) is 12.0 Å². The normalized spacial score (nSPS) is 20.4. The molecule has 2 heterocycles. The first-order chi connectivity index (χ1) is 12.8. The topological polar surface area (TPSA) is 110 Å². The molecule has 1 amide bonds.